The van der Waals surface area contributed by atoms with Crippen LogP contribution in [-0.4, -0.2) is 74.4 Å². The molecular formula is C29H23N3O17. The van der Waals surface area contributed by atoms with Gasteiger partial charge in [0.25, 0.3) is 5.69 Å². The van der Waals surface area contributed by atoms with Gasteiger partial charge in [-0.3, -0.25) is 30.3 Å². The van der Waals surface area contributed by atoms with E-state index < -0.39 is 72.8 Å². The van der Waals surface area contributed by atoms with Crippen molar-refractivity contribution >= 4 is 40.9 Å². The van der Waals surface area contributed by atoms with E-state index in [0.29, 0.717) is 17.7 Å². The summed E-state index contributed by atoms with van der Waals surface area (Å²) in [4.78, 5) is 69.6. The van der Waals surface area contributed by atoms with Gasteiger partial charge in [-0.15, -0.1) is 0 Å². The van der Waals surface area contributed by atoms with Crippen LogP contribution in [0.2, 0.25) is 0 Å². The van der Waals surface area contributed by atoms with E-state index in [4.69, 9.17) is 30.6 Å². The number of hydrogen-bond acceptors (Lipinski definition) is 13. The molecule has 0 atom stereocenters. The summed E-state index contributed by atoms with van der Waals surface area (Å²) in [6.45, 7) is 1.92. The maximum absolute atomic E-state index is 10.6. The largest absolute Gasteiger partial charge is 0.508 e. The minimum atomic E-state index is -1.69. The first-order valence-corrected chi connectivity index (χ1v) is 12.7. The van der Waals surface area contributed by atoms with Crippen LogP contribution in [0.25, 0.3) is 0 Å². The van der Waals surface area contributed by atoms with Gasteiger partial charge < -0.3 is 35.7 Å². The molecule has 0 amide bonds. The van der Waals surface area contributed by atoms with E-state index in [1.807, 2.05) is 6.92 Å². The summed E-state index contributed by atoms with van der Waals surface area (Å²) in [6.07, 6.45) is 0. The Labute approximate surface area is 272 Å². The van der Waals surface area contributed by atoms with Crippen molar-refractivity contribution in [2.45, 2.75) is 6.92 Å². The second-order valence-corrected chi connectivity index (χ2v) is 8.97. The summed E-state index contributed by atoms with van der Waals surface area (Å²) >= 11 is 0. The second-order valence-electron chi connectivity index (χ2n) is 8.97. The molecule has 0 aliphatic carbocycles. The van der Waals surface area contributed by atoms with Gasteiger partial charge in [0.05, 0.1) is 37.5 Å². The third kappa shape index (κ3) is 12.3. The summed E-state index contributed by atoms with van der Waals surface area (Å²) in [5.41, 5.74) is -2.02. The Bertz CT molecular complexity index is 1870. The summed E-state index contributed by atoms with van der Waals surface area (Å²) in [5.74, 6) is -6.55. The maximum Gasteiger partial charge on any atom is 0.340 e. The number of carboxylic acids is 4. The highest BCUT2D eigenvalue weighted by Crippen LogP contribution is 2.34. The second kappa shape index (κ2) is 17.7. The highest BCUT2D eigenvalue weighted by Gasteiger charge is 2.26. The van der Waals surface area contributed by atoms with Crippen molar-refractivity contribution in [2.24, 2.45) is 0 Å². The molecule has 0 saturated carbocycles. The Morgan fingerprint density at radius 1 is 0.551 bits per heavy atom. The number of hydrogen-bond donors (Lipinski definition) is 7. The molecule has 0 radical (unpaired) electrons. The van der Waals surface area contributed by atoms with E-state index in [0.717, 1.165) is 23.8 Å². The number of phenols is 3. The van der Waals surface area contributed by atoms with E-state index >= 15 is 0 Å². The lowest BCUT2D eigenvalue weighted by molar-refractivity contribution is -0.394. The Morgan fingerprint density at radius 2 is 1.04 bits per heavy atom. The molecular weight excluding hydrogens is 662 g/mol. The maximum atomic E-state index is 10.6. The van der Waals surface area contributed by atoms with Gasteiger partial charge in [-0.2, -0.15) is 0 Å². The minimum Gasteiger partial charge on any atom is -0.508 e. The van der Waals surface area contributed by atoms with Crippen molar-refractivity contribution in [3.8, 4) is 17.2 Å². The van der Waals surface area contributed by atoms with Crippen molar-refractivity contribution in [3.05, 3.63) is 137 Å². The number of benzene rings is 4. The zero-order chi connectivity index (χ0) is 37.6. The number of non-ortho nitro benzene ring substituents is 1. The van der Waals surface area contributed by atoms with Gasteiger partial charge in [-0.1, -0.05) is 23.8 Å². The van der Waals surface area contributed by atoms with Crippen LogP contribution in [-0.2, 0) is 0 Å². The number of aromatic hydroxyl groups is 3. The zero-order valence-corrected chi connectivity index (χ0v) is 24.6. The molecule has 4 aromatic rings. The number of carbonyl (C=O) groups is 4. The summed E-state index contributed by atoms with van der Waals surface area (Å²) in [6, 6.07) is 16.2. The monoisotopic (exact) mass is 685 g/mol. The predicted octanol–water partition coefficient (Wildman–Crippen LogP) is 4.69. The molecule has 49 heavy (non-hydrogen) atoms. The van der Waals surface area contributed by atoms with Crippen molar-refractivity contribution in [2.75, 3.05) is 0 Å². The fourth-order valence-corrected chi connectivity index (χ4v) is 3.15. The first-order chi connectivity index (χ1) is 22.8. The Morgan fingerprint density at radius 3 is 1.45 bits per heavy atom. The fraction of sp³-hybridized carbons (Fsp3) is 0.0345. The normalized spacial score (nSPS) is 9.49. The van der Waals surface area contributed by atoms with Gasteiger partial charge in [0.1, 0.15) is 11.3 Å². The molecule has 4 rings (SSSR count). The van der Waals surface area contributed by atoms with Gasteiger partial charge in [0, 0.05) is 12.1 Å². The predicted molar refractivity (Wildman–Crippen MR) is 163 cm³/mol. The molecule has 256 valence electrons. The summed E-state index contributed by atoms with van der Waals surface area (Å²) < 4.78 is 0. The Balaban J connectivity index is 0.000000333. The molecule has 4 aromatic carbocycles. The lowest BCUT2D eigenvalue weighted by atomic mass is 10.1. The Hall–Kier alpha value is -7.64. The summed E-state index contributed by atoms with van der Waals surface area (Å²) in [7, 11) is 0. The van der Waals surface area contributed by atoms with Gasteiger partial charge in [0.2, 0.25) is 5.75 Å². The Kier molecular flexibility index (Phi) is 14.3. The number of aromatic carboxylic acids is 4. The number of carboxylic acid groups (broad SMARTS) is 4. The van der Waals surface area contributed by atoms with Crippen LogP contribution in [0.15, 0.2) is 78.9 Å². The molecule has 0 unspecified atom stereocenters. The van der Waals surface area contributed by atoms with Crippen molar-refractivity contribution in [1.29, 1.82) is 0 Å². The lowest BCUT2D eigenvalue weighted by Crippen LogP contribution is -2.02. The molecule has 7 N–H and O–H groups in total. The standard InChI is InChI=1S/C8H8O2.C7H4N2O7.C7H5NO5.C7H6O3/c1-6-2-4-7(5-3-6)8(9)10;10-6-4(7(11)12)1-3(8(13)14)2-5(6)9(15)16;9-6-2-1-4(7(10)11)3-5(6)8(12)13;8-6-3-1-2-5(4-6)7(9)10/h2-5H,1H3,(H,9,10);1-2,10H,(H,11,12);1-3,9H,(H,10,11);1-4,8H,(H,9,10). The average Bonchev–Trinajstić information content (AvgIpc) is 3.02. The molecule has 0 saturated heterocycles. The first kappa shape index (κ1) is 39.4. The van der Waals surface area contributed by atoms with Gasteiger partial charge in [-0.25, -0.2) is 19.2 Å². The van der Waals surface area contributed by atoms with Crippen LogP contribution in [0.3, 0.4) is 0 Å². The molecule has 20 heteroatoms. The van der Waals surface area contributed by atoms with E-state index in [-0.39, 0.29) is 16.9 Å². The number of aryl methyl sites for hydroxylation is 1. The quantitative estimate of drug-likeness (QED) is 0.102. The van der Waals surface area contributed by atoms with Crippen molar-refractivity contribution in [1.82, 2.24) is 0 Å². The first-order valence-electron chi connectivity index (χ1n) is 12.7. The van der Waals surface area contributed by atoms with Crippen molar-refractivity contribution < 1.29 is 69.7 Å². The van der Waals surface area contributed by atoms with Crippen molar-refractivity contribution in [3.63, 3.8) is 0 Å². The highest BCUT2D eigenvalue weighted by molar-refractivity contribution is 5.93. The van der Waals surface area contributed by atoms with Gasteiger partial charge >= 0.3 is 35.3 Å². The average molecular weight is 686 g/mol. The molecule has 0 aliphatic rings. The van der Waals surface area contributed by atoms with E-state index in [9.17, 15) is 54.6 Å². The van der Waals surface area contributed by atoms with E-state index in [1.54, 1.807) is 24.3 Å². The number of rotatable bonds is 7. The van der Waals surface area contributed by atoms with E-state index in [1.165, 1.54) is 24.3 Å². The minimum absolute atomic E-state index is 0.0279. The smallest absolute Gasteiger partial charge is 0.340 e. The summed E-state index contributed by atoms with van der Waals surface area (Å²) in [5, 5.41) is 91.9. The SMILES string of the molecule is Cc1ccc(C(=O)O)cc1.O=C(O)c1cc([N+](=O)[O-])cc([N+](=O)[O-])c1O.O=C(O)c1ccc(O)c([N+](=O)[O-])c1.O=C(O)c1cccc(O)c1. The number of phenolic OH excluding ortho intramolecular Hbond substituents is 2. The molecule has 20 nitrogen and oxygen atoms in total. The van der Waals surface area contributed by atoms with Gasteiger partial charge in [-0.05, 0) is 49.4 Å². The molecule has 0 heterocycles. The third-order valence-electron chi connectivity index (χ3n) is 5.52. The van der Waals surface area contributed by atoms with Gasteiger partial charge in [0.15, 0.2) is 5.75 Å². The number of nitro benzene ring substituents is 3. The molecule has 0 aliphatic heterocycles. The molecule has 0 spiro atoms. The molecule has 0 bridgehead atoms. The van der Waals surface area contributed by atoms with Crippen LogP contribution in [0, 0.1) is 37.3 Å². The number of nitro groups is 3. The van der Waals surface area contributed by atoms with Crippen LogP contribution >= 0.6 is 0 Å². The zero-order valence-electron chi connectivity index (χ0n) is 24.6. The van der Waals surface area contributed by atoms with Crippen LogP contribution < -0.4 is 0 Å². The highest BCUT2D eigenvalue weighted by atomic mass is 16.6. The van der Waals surface area contributed by atoms with Crippen LogP contribution in [0.1, 0.15) is 47.0 Å². The molecule has 0 aromatic heterocycles. The third-order valence-corrected chi connectivity index (χ3v) is 5.52. The fourth-order valence-electron chi connectivity index (χ4n) is 3.15. The number of nitrogens with zero attached hydrogens (tertiary/aromatic N) is 3. The van der Waals surface area contributed by atoms with Crippen LogP contribution in [0.4, 0.5) is 17.1 Å². The lowest BCUT2D eigenvalue weighted by Gasteiger charge is -2.00. The topological polar surface area (TPSA) is 339 Å². The molecule has 0 fully saturated rings. The van der Waals surface area contributed by atoms with E-state index in [2.05, 4.69) is 0 Å². The van der Waals surface area contributed by atoms with Crippen LogP contribution in [0.5, 0.6) is 17.2 Å².